The Kier molecular flexibility index (Phi) is 5.24. The van der Waals surface area contributed by atoms with Crippen molar-refractivity contribution in [3.8, 4) is 0 Å². The topological polar surface area (TPSA) is 156 Å². The summed E-state index contributed by atoms with van der Waals surface area (Å²) in [6.45, 7) is -0.941. The van der Waals surface area contributed by atoms with Gasteiger partial charge in [-0.15, -0.1) is 0 Å². The van der Waals surface area contributed by atoms with Crippen molar-refractivity contribution in [3.05, 3.63) is 29.8 Å². The zero-order chi connectivity index (χ0) is 16.0. The second-order valence-electron chi connectivity index (χ2n) is 4.10. The fourth-order valence-electron chi connectivity index (χ4n) is 1.47. The summed E-state index contributed by atoms with van der Waals surface area (Å²) in [6.07, 6.45) is 0. The molecule has 0 unspecified atom stereocenters. The van der Waals surface area contributed by atoms with Crippen LogP contribution in [0.1, 0.15) is 10.4 Å². The van der Waals surface area contributed by atoms with Gasteiger partial charge < -0.3 is 26.8 Å². The van der Waals surface area contributed by atoms with E-state index in [0.29, 0.717) is 5.69 Å². The van der Waals surface area contributed by atoms with Crippen molar-refractivity contribution >= 4 is 29.5 Å². The normalized spacial score (nSPS) is 9.71. The fourth-order valence-corrected chi connectivity index (χ4v) is 1.47. The van der Waals surface area contributed by atoms with E-state index < -0.39 is 36.9 Å². The number of carboxylic acids is 1. The van der Waals surface area contributed by atoms with Gasteiger partial charge in [0.2, 0.25) is 11.8 Å². The van der Waals surface area contributed by atoms with Crippen LogP contribution >= 0.6 is 0 Å². The third kappa shape index (κ3) is 5.19. The van der Waals surface area contributed by atoms with Crippen molar-refractivity contribution in [2.45, 2.75) is 0 Å². The number of primary amides is 2. The molecular formula is C12H14N4O5. The molecule has 1 aromatic carbocycles. The number of rotatable bonds is 6. The van der Waals surface area contributed by atoms with Gasteiger partial charge >= 0.3 is 12.0 Å². The van der Waals surface area contributed by atoms with Crippen molar-refractivity contribution in [3.63, 3.8) is 0 Å². The number of urea groups is 1. The molecule has 0 aliphatic rings. The van der Waals surface area contributed by atoms with E-state index in [9.17, 15) is 19.2 Å². The number of carboxylic acid groups (broad SMARTS) is 1. The maximum Gasteiger partial charge on any atom is 0.335 e. The molecule has 0 aromatic heterocycles. The number of carbonyl (C=O) groups excluding carboxylic acids is 3. The first-order valence-electron chi connectivity index (χ1n) is 5.75. The van der Waals surface area contributed by atoms with Gasteiger partial charge in [-0.3, -0.25) is 9.59 Å². The summed E-state index contributed by atoms with van der Waals surface area (Å²) in [7, 11) is 0. The summed E-state index contributed by atoms with van der Waals surface area (Å²) < 4.78 is 0. The Morgan fingerprint density at radius 3 is 1.86 bits per heavy atom. The molecular weight excluding hydrogens is 280 g/mol. The smallest absolute Gasteiger partial charge is 0.335 e. The lowest BCUT2D eigenvalue weighted by Crippen LogP contribution is -2.45. The molecule has 9 heteroatoms. The second-order valence-corrected chi connectivity index (χ2v) is 4.10. The monoisotopic (exact) mass is 294 g/mol. The Bertz CT molecular complexity index is 554. The maximum atomic E-state index is 11.9. The molecule has 0 fully saturated rings. The molecule has 0 aliphatic heterocycles. The van der Waals surface area contributed by atoms with E-state index >= 15 is 0 Å². The number of anilines is 1. The third-order valence-electron chi connectivity index (χ3n) is 2.36. The molecule has 9 nitrogen and oxygen atoms in total. The molecule has 1 aromatic rings. The minimum absolute atomic E-state index is 0.0547. The first-order valence-corrected chi connectivity index (χ1v) is 5.75. The Morgan fingerprint density at radius 1 is 1.00 bits per heavy atom. The number of hydrogen-bond acceptors (Lipinski definition) is 4. The lowest BCUT2D eigenvalue weighted by atomic mass is 10.2. The number of hydrogen-bond donors (Lipinski definition) is 4. The molecule has 21 heavy (non-hydrogen) atoms. The van der Waals surface area contributed by atoms with Crippen LogP contribution in [0.3, 0.4) is 0 Å². The molecule has 0 saturated carbocycles. The highest BCUT2D eigenvalue weighted by molar-refractivity contribution is 5.95. The molecule has 0 bridgehead atoms. The number of nitrogens with one attached hydrogen (secondary N) is 1. The van der Waals surface area contributed by atoms with E-state index in [1.807, 2.05) is 0 Å². The molecule has 4 amide bonds. The molecule has 112 valence electrons. The highest BCUT2D eigenvalue weighted by Gasteiger charge is 2.18. The van der Waals surface area contributed by atoms with Crippen LogP contribution in [0.25, 0.3) is 0 Å². The van der Waals surface area contributed by atoms with Gasteiger partial charge in [-0.25, -0.2) is 9.59 Å². The molecule has 0 spiro atoms. The summed E-state index contributed by atoms with van der Waals surface area (Å²) in [6, 6.07) is 4.58. The van der Waals surface area contributed by atoms with Crippen molar-refractivity contribution < 1.29 is 24.3 Å². The van der Waals surface area contributed by atoms with Gasteiger partial charge in [-0.1, -0.05) is 0 Å². The van der Waals surface area contributed by atoms with E-state index in [1.165, 1.54) is 24.3 Å². The van der Waals surface area contributed by atoms with Crippen molar-refractivity contribution in [2.24, 2.45) is 11.5 Å². The predicted molar refractivity (Wildman–Crippen MR) is 72.4 cm³/mol. The lowest BCUT2D eigenvalue weighted by Gasteiger charge is -2.20. The van der Waals surface area contributed by atoms with E-state index in [2.05, 4.69) is 5.32 Å². The van der Waals surface area contributed by atoms with E-state index in [-0.39, 0.29) is 5.56 Å². The Morgan fingerprint density at radius 2 is 1.48 bits per heavy atom. The molecule has 0 aliphatic carbocycles. The number of carbonyl (C=O) groups is 4. The molecule has 0 radical (unpaired) electrons. The molecule has 6 N–H and O–H groups in total. The van der Waals surface area contributed by atoms with Gasteiger partial charge in [0.25, 0.3) is 0 Å². The van der Waals surface area contributed by atoms with Crippen molar-refractivity contribution in [1.82, 2.24) is 4.90 Å². The van der Waals surface area contributed by atoms with Crippen LogP contribution in [-0.2, 0) is 9.59 Å². The molecule has 1 rings (SSSR count). The molecule has 0 saturated heterocycles. The third-order valence-corrected chi connectivity index (χ3v) is 2.36. The van der Waals surface area contributed by atoms with Crippen LogP contribution < -0.4 is 16.8 Å². The summed E-state index contributed by atoms with van der Waals surface area (Å²) in [5.41, 5.74) is 10.3. The van der Waals surface area contributed by atoms with Gasteiger partial charge in [0, 0.05) is 5.69 Å². The standard InChI is InChI=1S/C12H14N4O5/c13-9(17)5-16(6-10(14)18)12(21)15-8-3-1-7(2-4-8)11(19)20/h1-4H,5-6H2,(H2,13,17)(H2,14,18)(H,15,21)(H,19,20). The van der Waals surface area contributed by atoms with Crippen molar-refractivity contribution in [1.29, 1.82) is 0 Å². The van der Waals surface area contributed by atoms with Gasteiger partial charge in [0.05, 0.1) is 5.56 Å². The highest BCUT2D eigenvalue weighted by Crippen LogP contribution is 2.10. The van der Waals surface area contributed by atoms with Gasteiger partial charge in [-0.2, -0.15) is 0 Å². The average molecular weight is 294 g/mol. The van der Waals surface area contributed by atoms with E-state index in [1.54, 1.807) is 0 Å². The second kappa shape index (κ2) is 6.89. The summed E-state index contributed by atoms with van der Waals surface area (Å²) in [4.78, 5) is 45.1. The van der Waals surface area contributed by atoms with E-state index in [0.717, 1.165) is 4.90 Å². The fraction of sp³-hybridized carbons (Fsp3) is 0.167. The first kappa shape index (κ1) is 16.0. The van der Waals surface area contributed by atoms with Crippen LogP contribution in [0.15, 0.2) is 24.3 Å². The summed E-state index contributed by atoms with van der Waals surface area (Å²) in [5.74, 6) is -2.70. The predicted octanol–water partition coefficient (Wildman–Crippen LogP) is -0.811. The van der Waals surface area contributed by atoms with Crippen molar-refractivity contribution in [2.75, 3.05) is 18.4 Å². The zero-order valence-electron chi connectivity index (χ0n) is 10.9. The lowest BCUT2D eigenvalue weighted by molar-refractivity contribution is -0.120. The van der Waals surface area contributed by atoms with Crippen LogP contribution in [0.2, 0.25) is 0 Å². The average Bonchev–Trinajstić information content (AvgIpc) is 2.37. The minimum Gasteiger partial charge on any atom is -0.478 e. The quantitative estimate of drug-likeness (QED) is 0.539. The summed E-state index contributed by atoms with van der Waals surface area (Å²) in [5, 5.41) is 11.1. The number of aromatic carboxylic acids is 1. The van der Waals surface area contributed by atoms with Crippen LogP contribution in [0.5, 0.6) is 0 Å². The zero-order valence-corrected chi connectivity index (χ0v) is 10.9. The maximum absolute atomic E-state index is 11.9. The largest absolute Gasteiger partial charge is 0.478 e. The van der Waals surface area contributed by atoms with Gasteiger partial charge in [0.15, 0.2) is 0 Å². The minimum atomic E-state index is -1.10. The van der Waals surface area contributed by atoms with Crippen LogP contribution in [-0.4, -0.2) is 46.9 Å². The Balaban J connectivity index is 2.77. The first-order chi connectivity index (χ1) is 9.79. The highest BCUT2D eigenvalue weighted by atomic mass is 16.4. The van der Waals surface area contributed by atoms with Crippen LogP contribution in [0.4, 0.5) is 10.5 Å². The van der Waals surface area contributed by atoms with E-state index in [4.69, 9.17) is 16.6 Å². The molecule has 0 atom stereocenters. The number of nitrogens with zero attached hydrogens (tertiary/aromatic N) is 1. The Hall–Kier alpha value is -3.10. The number of benzene rings is 1. The number of amides is 4. The van der Waals surface area contributed by atoms with Crippen LogP contribution in [0, 0.1) is 0 Å². The SMILES string of the molecule is NC(=O)CN(CC(N)=O)C(=O)Nc1ccc(C(=O)O)cc1. The Labute approximate surface area is 119 Å². The van der Waals surface area contributed by atoms with Gasteiger partial charge in [0.1, 0.15) is 13.1 Å². The van der Waals surface area contributed by atoms with Gasteiger partial charge in [-0.05, 0) is 24.3 Å². The summed E-state index contributed by atoms with van der Waals surface area (Å²) >= 11 is 0. The molecule has 0 heterocycles. The number of nitrogens with two attached hydrogens (primary N) is 2.